The van der Waals surface area contributed by atoms with E-state index in [-0.39, 0.29) is 6.10 Å². The quantitative estimate of drug-likeness (QED) is 0.544. The number of piperidine rings is 1. The topological polar surface area (TPSA) is 32.3 Å². The lowest BCUT2D eigenvalue weighted by Gasteiger charge is -2.39. The minimum absolute atomic E-state index is 0.0125. The summed E-state index contributed by atoms with van der Waals surface area (Å²) in [6.07, 6.45) is 5.98. The van der Waals surface area contributed by atoms with Gasteiger partial charge < -0.3 is 10.4 Å². The van der Waals surface area contributed by atoms with E-state index in [2.05, 4.69) is 5.32 Å². The van der Waals surface area contributed by atoms with Crippen LogP contribution in [0.5, 0.6) is 0 Å². The molecule has 64 valence electrons. The molecular weight excluding hydrogens is 138 g/mol. The summed E-state index contributed by atoms with van der Waals surface area (Å²) < 4.78 is 0. The second kappa shape index (κ2) is 3.11. The molecule has 0 bridgehead atoms. The predicted molar refractivity (Wildman–Crippen MR) is 44.4 cm³/mol. The van der Waals surface area contributed by atoms with Crippen LogP contribution in [0.2, 0.25) is 0 Å². The predicted octanol–water partition coefficient (Wildman–Crippen LogP) is 0.899. The van der Waals surface area contributed by atoms with Crippen LogP contribution in [0.25, 0.3) is 0 Å². The molecule has 1 aliphatic carbocycles. The van der Waals surface area contributed by atoms with Crippen molar-refractivity contribution in [3.05, 3.63) is 0 Å². The highest BCUT2D eigenvalue weighted by atomic mass is 16.3. The SMILES string of the molecule is OC1CCCC2NCCCC12. The first-order chi connectivity index (χ1) is 5.38. The van der Waals surface area contributed by atoms with Gasteiger partial charge in [-0.3, -0.25) is 0 Å². The average Bonchev–Trinajstić information content (AvgIpc) is 2.06. The minimum atomic E-state index is -0.0125. The van der Waals surface area contributed by atoms with Crippen LogP contribution in [0.1, 0.15) is 32.1 Å². The fourth-order valence-corrected chi connectivity index (χ4v) is 2.52. The molecule has 3 unspecified atom stereocenters. The second-order valence-electron chi connectivity index (χ2n) is 3.86. The van der Waals surface area contributed by atoms with Crippen molar-refractivity contribution in [1.29, 1.82) is 0 Å². The van der Waals surface area contributed by atoms with Gasteiger partial charge in [0.25, 0.3) is 0 Å². The Bertz CT molecular complexity index is 136. The molecule has 2 aliphatic rings. The van der Waals surface area contributed by atoms with Crippen LogP contribution in [0, 0.1) is 5.92 Å². The van der Waals surface area contributed by atoms with Crippen molar-refractivity contribution in [2.45, 2.75) is 44.2 Å². The number of rotatable bonds is 0. The van der Waals surface area contributed by atoms with Crippen molar-refractivity contribution in [3.63, 3.8) is 0 Å². The lowest BCUT2D eigenvalue weighted by molar-refractivity contribution is 0.0307. The summed E-state index contributed by atoms with van der Waals surface area (Å²) in [6.45, 7) is 1.16. The molecule has 0 radical (unpaired) electrons. The summed E-state index contributed by atoms with van der Waals surface area (Å²) in [5.41, 5.74) is 0. The molecule has 3 atom stereocenters. The van der Waals surface area contributed by atoms with Crippen LogP contribution in [0.4, 0.5) is 0 Å². The maximum Gasteiger partial charge on any atom is 0.0583 e. The molecule has 1 saturated heterocycles. The van der Waals surface area contributed by atoms with Crippen LogP contribution in [-0.2, 0) is 0 Å². The molecule has 2 nitrogen and oxygen atoms in total. The van der Waals surface area contributed by atoms with Crippen molar-refractivity contribution < 1.29 is 5.11 Å². The Morgan fingerprint density at radius 3 is 2.82 bits per heavy atom. The van der Waals surface area contributed by atoms with Crippen molar-refractivity contribution in [2.75, 3.05) is 6.54 Å². The third kappa shape index (κ3) is 1.42. The molecule has 1 aliphatic heterocycles. The lowest BCUT2D eigenvalue weighted by atomic mass is 9.77. The van der Waals surface area contributed by atoms with Crippen molar-refractivity contribution in [3.8, 4) is 0 Å². The van der Waals surface area contributed by atoms with E-state index in [0.29, 0.717) is 12.0 Å². The Labute approximate surface area is 68.0 Å². The number of nitrogens with one attached hydrogen (secondary N) is 1. The first-order valence-corrected chi connectivity index (χ1v) is 4.79. The van der Waals surface area contributed by atoms with Crippen LogP contribution < -0.4 is 5.32 Å². The number of hydrogen-bond donors (Lipinski definition) is 2. The monoisotopic (exact) mass is 155 g/mol. The summed E-state index contributed by atoms with van der Waals surface area (Å²) >= 11 is 0. The molecule has 0 amide bonds. The zero-order valence-electron chi connectivity index (χ0n) is 6.92. The standard InChI is InChI=1S/C9H17NO/c11-9-5-1-4-8-7(9)3-2-6-10-8/h7-11H,1-6H2. The molecule has 0 aromatic heterocycles. The van der Waals surface area contributed by atoms with Crippen molar-refractivity contribution in [2.24, 2.45) is 5.92 Å². The number of aliphatic hydroxyl groups is 1. The Morgan fingerprint density at radius 2 is 2.00 bits per heavy atom. The zero-order chi connectivity index (χ0) is 7.68. The Kier molecular flexibility index (Phi) is 2.14. The average molecular weight is 155 g/mol. The Balaban J connectivity index is 1.99. The largest absolute Gasteiger partial charge is 0.393 e. The molecule has 2 fully saturated rings. The molecule has 2 rings (SSSR count). The normalized spacial score (nSPS) is 45.0. The Morgan fingerprint density at radius 1 is 1.09 bits per heavy atom. The Hall–Kier alpha value is -0.0800. The summed E-state index contributed by atoms with van der Waals surface area (Å²) in [5, 5.41) is 13.2. The van der Waals surface area contributed by atoms with E-state index in [4.69, 9.17) is 0 Å². The first-order valence-electron chi connectivity index (χ1n) is 4.79. The lowest BCUT2D eigenvalue weighted by Crippen LogP contribution is -2.48. The van der Waals surface area contributed by atoms with Gasteiger partial charge >= 0.3 is 0 Å². The fraction of sp³-hybridized carbons (Fsp3) is 1.00. The maximum absolute atomic E-state index is 9.66. The van der Waals surface area contributed by atoms with Gasteiger partial charge in [-0.15, -0.1) is 0 Å². The van der Waals surface area contributed by atoms with E-state index >= 15 is 0 Å². The van der Waals surface area contributed by atoms with Gasteiger partial charge in [-0.05, 0) is 38.6 Å². The van der Waals surface area contributed by atoms with Gasteiger partial charge in [0.05, 0.1) is 6.10 Å². The fourth-order valence-electron chi connectivity index (χ4n) is 2.52. The van der Waals surface area contributed by atoms with E-state index in [1.165, 1.54) is 25.7 Å². The van der Waals surface area contributed by atoms with Gasteiger partial charge in [0.1, 0.15) is 0 Å². The van der Waals surface area contributed by atoms with Crippen LogP contribution in [0.3, 0.4) is 0 Å². The minimum Gasteiger partial charge on any atom is -0.393 e. The van der Waals surface area contributed by atoms with Gasteiger partial charge in [0.15, 0.2) is 0 Å². The van der Waals surface area contributed by atoms with Crippen molar-refractivity contribution in [1.82, 2.24) is 5.32 Å². The molecule has 0 spiro atoms. The third-order valence-electron chi connectivity index (χ3n) is 3.15. The number of hydrogen-bond acceptors (Lipinski definition) is 2. The van der Waals surface area contributed by atoms with E-state index in [0.717, 1.165) is 13.0 Å². The molecular formula is C9H17NO. The third-order valence-corrected chi connectivity index (χ3v) is 3.15. The molecule has 0 aromatic rings. The van der Waals surface area contributed by atoms with E-state index in [1.54, 1.807) is 0 Å². The highest BCUT2D eigenvalue weighted by Crippen LogP contribution is 2.30. The molecule has 2 N–H and O–H groups in total. The molecule has 2 heteroatoms. The van der Waals surface area contributed by atoms with Crippen LogP contribution >= 0.6 is 0 Å². The van der Waals surface area contributed by atoms with Crippen LogP contribution in [-0.4, -0.2) is 23.8 Å². The first kappa shape index (κ1) is 7.56. The van der Waals surface area contributed by atoms with E-state index in [1.807, 2.05) is 0 Å². The van der Waals surface area contributed by atoms with Gasteiger partial charge in [0.2, 0.25) is 0 Å². The summed E-state index contributed by atoms with van der Waals surface area (Å²) in [7, 11) is 0. The van der Waals surface area contributed by atoms with Gasteiger partial charge in [-0.2, -0.15) is 0 Å². The molecule has 1 heterocycles. The highest BCUT2D eigenvalue weighted by Gasteiger charge is 2.33. The van der Waals surface area contributed by atoms with Crippen molar-refractivity contribution >= 4 is 0 Å². The summed E-state index contributed by atoms with van der Waals surface area (Å²) in [5.74, 6) is 0.567. The van der Waals surface area contributed by atoms with E-state index < -0.39 is 0 Å². The highest BCUT2D eigenvalue weighted by molar-refractivity contribution is 4.89. The van der Waals surface area contributed by atoms with Gasteiger partial charge in [-0.25, -0.2) is 0 Å². The second-order valence-corrected chi connectivity index (χ2v) is 3.86. The summed E-state index contributed by atoms with van der Waals surface area (Å²) in [4.78, 5) is 0. The maximum atomic E-state index is 9.66. The molecule has 11 heavy (non-hydrogen) atoms. The van der Waals surface area contributed by atoms with Gasteiger partial charge in [0, 0.05) is 12.0 Å². The zero-order valence-corrected chi connectivity index (χ0v) is 6.92. The number of fused-ring (bicyclic) bond motifs is 1. The summed E-state index contributed by atoms with van der Waals surface area (Å²) in [6, 6.07) is 0.632. The smallest absolute Gasteiger partial charge is 0.0583 e. The van der Waals surface area contributed by atoms with E-state index in [9.17, 15) is 5.11 Å². The molecule has 1 saturated carbocycles. The number of aliphatic hydroxyl groups excluding tert-OH is 1. The van der Waals surface area contributed by atoms with Gasteiger partial charge in [-0.1, -0.05) is 0 Å². The van der Waals surface area contributed by atoms with Crippen LogP contribution in [0.15, 0.2) is 0 Å². The molecule has 0 aromatic carbocycles.